The number of ether oxygens (including phenoxy) is 1. The van der Waals surface area contributed by atoms with Crippen molar-refractivity contribution in [3.05, 3.63) is 95.3 Å². The van der Waals surface area contributed by atoms with Crippen molar-refractivity contribution in [3.63, 3.8) is 0 Å². The fourth-order valence-electron chi connectivity index (χ4n) is 4.53. The van der Waals surface area contributed by atoms with Crippen molar-refractivity contribution in [1.29, 1.82) is 0 Å². The molecule has 7 nitrogen and oxygen atoms in total. The maximum Gasteiger partial charge on any atom is 0.251 e. The zero-order valence-electron chi connectivity index (χ0n) is 20.2. The topological polar surface area (TPSA) is 64.3 Å². The maximum absolute atomic E-state index is 12.5. The minimum absolute atomic E-state index is 0.0131. The Morgan fingerprint density at radius 2 is 1.69 bits per heavy atom. The van der Waals surface area contributed by atoms with Gasteiger partial charge in [0.25, 0.3) is 5.91 Å². The van der Waals surface area contributed by atoms with Crippen molar-refractivity contribution < 1.29 is 9.53 Å². The summed E-state index contributed by atoms with van der Waals surface area (Å²) in [6.07, 6.45) is 1.77. The van der Waals surface area contributed by atoms with Crippen LogP contribution in [0.1, 0.15) is 23.2 Å². The van der Waals surface area contributed by atoms with Gasteiger partial charge < -0.3 is 10.1 Å². The Morgan fingerprint density at radius 1 is 1.00 bits per heavy atom. The van der Waals surface area contributed by atoms with Crippen LogP contribution in [0.4, 0.5) is 0 Å². The highest BCUT2D eigenvalue weighted by Crippen LogP contribution is 2.26. The van der Waals surface area contributed by atoms with E-state index in [-0.39, 0.29) is 11.9 Å². The summed E-state index contributed by atoms with van der Waals surface area (Å²) in [6.45, 7) is 2.30. The molecule has 3 aromatic carbocycles. The molecule has 1 fully saturated rings. The normalized spacial score (nSPS) is 14.5. The molecule has 1 saturated heterocycles. The Labute approximate surface area is 215 Å². The number of aromatic nitrogens is 3. The number of nitrogens with zero attached hydrogens (tertiary/aromatic N) is 4. The zero-order valence-corrected chi connectivity index (χ0v) is 21.0. The van der Waals surface area contributed by atoms with E-state index in [0.29, 0.717) is 17.0 Å². The predicted molar refractivity (Wildman–Crippen MR) is 143 cm³/mol. The van der Waals surface area contributed by atoms with Gasteiger partial charge in [0.1, 0.15) is 5.75 Å². The van der Waals surface area contributed by atoms with E-state index in [1.54, 1.807) is 7.11 Å². The SMILES string of the molecule is COc1cccc(-c2nn(CN3CCC(NC(=O)c4ccccc4)CC3)c(=S)n2-c2ccccc2)c1. The van der Waals surface area contributed by atoms with Crippen LogP contribution in [0.2, 0.25) is 0 Å². The molecule has 2 heterocycles. The second kappa shape index (κ2) is 10.9. The molecule has 1 aromatic heterocycles. The monoisotopic (exact) mass is 499 g/mol. The number of benzene rings is 3. The highest BCUT2D eigenvalue weighted by molar-refractivity contribution is 7.71. The van der Waals surface area contributed by atoms with Crippen LogP contribution in [-0.2, 0) is 6.67 Å². The minimum atomic E-state index is -0.0131. The van der Waals surface area contributed by atoms with Gasteiger partial charge in [-0.1, -0.05) is 48.5 Å². The lowest BCUT2D eigenvalue weighted by atomic mass is 10.0. The van der Waals surface area contributed by atoms with E-state index in [0.717, 1.165) is 48.8 Å². The van der Waals surface area contributed by atoms with Crippen LogP contribution in [0.5, 0.6) is 5.75 Å². The first-order chi connectivity index (χ1) is 17.6. The van der Waals surface area contributed by atoms with Gasteiger partial charge >= 0.3 is 0 Å². The van der Waals surface area contributed by atoms with Crippen LogP contribution < -0.4 is 10.1 Å². The first kappa shape index (κ1) is 24.0. The van der Waals surface area contributed by atoms with Crippen molar-refractivity contribution in [1.82, 2.24) is 24.6 Å². The van der Waals surface area contributed by atoms with Crippen LogP contribution in [0.25, 0.3) is 17.1 Å². The molecule has 8 heteroatoms. The van der Waals surface area contributed by atoms with Gasteiger partial charge in [0.2, 0.25) is 4.77 Å². The van der Waals surface area contributed by atoms with Crippen molar-refractivity contribution in [2.75, 3.05) is 20.2 Å². The summed E-state index contributed by atoms with van der Waals surface area (Å²) < 4.78 is 9.98. The van der Waals surface area contributed by atoms with E-state index in [4.69, 9.17) is 22.1 Å². The van der Waals surface area contributed by atoms with E-state index in [1.807, 2.05) is 94.2 Å². The Morgan fingerprint density at radius 3 is 2.39 bits per heavy atom. The van der Waals surface area contributed by atoms with Crippen molar-refractivity contribution in [2.45, 2.75) is 25.6 Å². The number of amides is 1. The molecule has 1 aliphatic heterocycles. The van der Waals surface area contributed by atoms with Gasteiger partial charge in [-0.2, -0.15) is 0 Å². The molecule has 0 unspecified atom stereocenters. The summed E-state index contributed by atoms with van der Waals surface area (Å²) in [6, 6.07) is 27.5. The average Bonchev–Trinajstić information content (AvgIpc) is 3.26. The Balaban J connectivity index is 1.33. The highest BCUT2D eigenvalue weighted by atomic mass is 32.1. The van der Waals surface area contributed by atoms with Crippen LogP contribution in [0, 0.1) is 4.77 Å². The van der Waals surface area contributed by atoms with E-state index in [2.05, 4.69) is 10.2 Å². The predicted octanol–water partition coefficient (Wildman–Crippen LogP) is 4.93. The first-order valence-corrected chi connectivity index (χ1v) is 12.5. The smallest absolute Gasteiger partial charge is 0.251 e. The molecule has 184 valence electrons. The van der Waals surface area contributed by atoms with Crippen LogP contribution in [-0.4, -0.2) is 51.4 Å². The van der Waals surface area contributed by atoms with Crippen LogP contribution in [0.3, 0.4) is 0 Å². The first-order valence-electron chi connectivity index (χ1n) is 12.1. The van der Waals surface area contributed by atoms with Gasteiger partial charge in [0, 0.05) is 35.9 Å². The van der Waals surface area contributed by atoms with Crippen molar-refractivity contribution in [2.24, 2.45) is 0 Å². The lowest BCUT2D eigenvalue weighted by Gasteiger charge is -2.32. The summed E-state index contributed by atoms with van der Waals surface area (Å²) in [7, 11) is 1.66. The van der Waals surface area contributed by atoms with Crippen LogP contribution >= 0.6 is 12.2 Å². The summed E-state index contributed by atoms with van der Waals surface area (Å²) in [5, 5.41) is 8.11. The summed E-state index contributed by atoms with van der Waals surface area (Å²) in [4.78, 5) is 14.9. The third kappa shape index (κ3) is 5.24. The molecule has 0 bridgehead atoms. The largest absolute Gasteiger partial charge is 0.497 e. The Hall–Kier alpha value is -3.75. The number of hydrogen-bond donors (Lipinski definition) is 1. The molecule has 0 atom stereocenters. The summed E-state index contributed by atoms with van der Waals surface area (Å²) >= 11 is 5.91. The summed E-state index contributed by atoms with van der Waals surface area (Å²) in [5.74, 6) is 1.53. The molecule has 0 saturated carbocycles. The molecule has 36 heavy (non-hydrogen) atoms. The second-order valence-corrected chi connectivity index (χ2v) is 9.25. The molecule has 0 radical (unpaired) electrons. The number of nitrogens with one attached hydrogen (secondary N) is 1. The minimum Gasteiger partial charge on any atom is -0.497 e. The number of para-hydroxylation sites is 1. The number of likely N-dealkylation sites (tertiary alicyclic amines) is 1. The standard InChI is InChI=1S/C28H29N5O2S/c1-35-25-14-8-11-22(19-25)26-30-32(28(36)33(26)24-12-6-3-7-13-24)20-31-17-15-23(16-18-31)29-27(34)21-9-4-2-5-10-21/h2-14,19,23H,15-18,20H2,1H3,(H,29,34). The Kier molecular flexibility index (Phi) is 7.25. The number of piperidine rings is 1. The van der Waals surface area contributed by atoms with Crippen LogP contribution in [0.15, 0.2) is 84.9 Å². The van der Waals surface area contributed by atoms with Gasteiger partial charge in [0.15, 0.2) is 5.82 Å². The molecular formula is C28H29N5O2S. The Bertz CT molecular complexity index is 1380. The lowest BCUT2D eigenvalue weighted by molar-refractivity contribution is 0.0896. The van der Waals surface area contributed by atoms with Gasteiger partial charge in [-0.05, 0) is 61.5 Å². The zero-order chi connectivity index (χ0) is 24.9. The number of rotatable bonds is 7. The van der Waals surface area contributed by atoms with E-state index in [1.165, 1.54) is 0 Å². The second-order valence-electron chi connectivity index (χ2n) is 8.88. The summed E-state index contributed by atoms with van der Waals surface area (Å²) in [5.41, 5.74) is 2.60. The van der Waals surface area contributed by atoms with E-state index < -0.39 is 0 Å². The average molecular weight is 500 g/mol. The molecule has 0 spiro atoms. The number of methoxy groups -OCH3 is 1. The van der Waals surface area contributed by atoms with Gasteiger partial charge in [-0.3, -0.25) is 14.3 Å². The lowest BCUT2D eigenvalue weighted by Crippen LogP contribution is -2.45. The number of carbonyl (C=O) groups excluding carboxylic acids is 1. The quantitative estimate of drug-likeness (QED) is 0.365. The molecular weight excluding hydrogens is 470 g/mol. The molecule has 5 rings (SSSR count). The highest BCUT2D eigenvalue weighted by Gasteiger charge is 2.23. The third-order valence-electron chi connectivity index (χ3n) is 6.47. The van der Waals surface area contributed by atoms with E-state index in [9.17, 15) is 4.79 Å². The third-order valence-corrected chi connectivity index (χ3v) is 6.87. The fraction of sp³-hybridized carbons (Fsp3) is 0.250. The maximum atomic E-state index is 12.5. The van der Waals surface area contributed by atoms with Gasteiger partial charge in [-0.15, -0.1) is 5.10 Å². The van der Waals surface area contributed by atoms with Gasteiger partial charge in [0.05, 0.1) is 13.8 Å². The molecule has 0 aliphatic carbocycles. The number of carbonyl (C=O) groups is 1. The molecule has 1 amide bonds. The van der Waals surface area contributed by atoms with Crippen molar-refractivity contribution >= 4 is 18.1 Å². The molecule has 1 N–H and O–H groups in total. The molecule has 1 aliphatic rings. The van der Waals surface area contributed by atoms with Gasteiger partial charge in [-0.25, -0.2) is 4.68 Å². The molecule has 4 aromatic rings. The fourth-order valence-corrected chi connectivity index (χ4v) is 4.82. The number of hydrogen-bond acceptors (Lipinski definition) is 5. The van der Waals surface area contributed by atoms with Crippen molar-refractivity contribution in [3.8, 4) is 22.8 Å². The van der Waals surface area contributed by atoms with E-state index >= 15 is 0 Å².